The summed E-state index contributed by atoms with van der Waals surface area (Å²) < 4.78 is 0. The number of nitrogens with zero attached hydrogens (tertiary/aromatic N) is 1. The summed E-state index contributed by atoms with van der Waals surface area (Å²) in [5, 5.41) is 3.08. The monoisotopic (exact) mass is 200 g/mol. The highest BCUT2D eigenvalue weighted by atomic mass is 16.2. The Balaban J connectivity index is 4.54. The first-order chi connectivity index (χ1) is 6.45. The Labute approximate surface area is 87.9 Å². The molecule has 84 valence electrons. The number of hydrogen-bond donors (Lipinski definition) is 1. The third kappa shape index (κ3) is 3.29. The number of amides is 1. The Morgan fingerprint density at radius 2 is 1.79 bits per heavy atom. The van der Waals surface area contributed by atoms with Gasteiger partial charge in [0, 0.05) is 12.6 Å². The molecule has 1 N–H and O–H groups in total. The fraction of sp³-hybridized carbons (Fsp3) is 0.909. The molecule has 0 aliphatic heterocycles. The van der Waals surface area contributed by atoms with Crippen LogP contribution in [0.25, 0.3) is 0 Å². The molecule has 0 aromatic heterocycles. The molecule has 0 aromatic rings. The molecule has 0 heterocycles. The van der Waals surface area contributed by atoms with Crippen LogP contribution in [-0.4, -0.2) is 36.5 Å². The van der Waals surface area contributed by atoms with Crippen molar-refractivity contribution in [1.82, 2.24) is 10.2 Å². The lowest BCUT2D eigenvalue weighted by Gasteiger charge is -2.31. The largest absolute Gasteiger partial charge is 0.339 e. The third-order valence-electron chi connectivity index (χ3n) is 2.49. The molecule has 14 heavy (non-hydrogen) atoms. The van der Waals surface area contributed by atoms with E-state index in [1.807, 2.05) is 18.9 Å². The molecule has 0 spiro atoms. The Morgan fingerprint density at radius 3 is 2.00 bits per heavy atom. The van der Waals surface area contributed by atoms with Crippen LogP contribution in [0.4, 0.5) is 0 Å². The topological polar surface area (TPSA) is 32.3 Å². The first-order valence-corrected chi connectivity index (χ1v) is 5.43. The predicted octanol–water partition coefficient (Wildman–Crippen LogP) is 1.49. The van der Waals surface area contributed by atoms with Crippen LogP contribution in [0.3, 0.4) is 0 Å². The van der Waals surface area contributed by atoms with Crippen molar-refractivity contribution in [3.05, 3.63) is 0 Å². The van der Waals surface area contributed by atoms with Crippen molar-refractivity contribution in [2.24, 2.45) is 5.92 Å². The van der Waals surface area contributed by atoms with Gasteiger partial charge in [0.1, 0.15) is 0 Å². The van der Waals surface area contributed by atoms with E-state index >= 15 is 0 Å². The smallest absolute Gasteiger partial charge is 0.240 e. The van der Waals surface area contributed by atoms with Crippen molar-refractivity contribution in [2.45, 2.75) is 46.7 Å². The summed E-state index contributed by atoms with van der Waals surface area (Å²) in [7, 11) is 1.84. The molecule has 0 radical (unpaired) electrons. The standard InChI is InChI=1S/C11H24N2O/c1-7-13(9(4)5)11(14)10(12-6)8(2)3/h8-10,12H,7H2,1-6H3. The highest BCUT2D eigenvalue weighted by Crippen LogP contribution is 2.08. The van der Waals surface area contributed by atoms with E-state index in [0.717, 1.165) is 6.54 Å². The van der Waals surface area contributed by atoms with Gasteiger partial charge in [0.15, 0.2) is 0 Å². The second-order valence-corrected chi connectivity index (χ2v) is 4.23. The Bertz CT molecular complexity index is 160. The van der Waals surface area contributed by atoms with Crippen LogP contribution in [-0.2, 0) is 4.79 Å². The molecule has 0 rings (SSSR count). The summed E-state index contributed by atoms with van der Waals surface area (Å²) in [5.74, 6) is 0.542. The molecule has 0 fully saturated rings. The number of nitrogens with one attached hydrogen (secondary N) is 1. The van der Waals surface area contributed by atoms with Crippen molar-refractivity contribution in [2.75, 3.05) is 13.6 Å². The molecule has 3 nitrogen and oxygen atoms in total. The lowest BCUT2D eigenvalue weighted by atomic mass is 10.0. The molecule has 3 heteroatoms. The highest BCUT2D eigenvalue weighted by molar-refractivity contribution is 5.82. The van der Waals surface area contributed by atoms with E-state index in [9.17, 15) is 4.79 Å². The average molecular weight is 200 g/mol. The molecular formula is C11H24N2O. The Hall–Kier alpha value is -0.570. The summed E-state index contributed by atoms with van der Waals surface area (Å²) in [5.41, 5.74) is 0. The van der Waals surface area contributed by atoms with Crippen molar-refractivity contribution in [1.29, 1.82) is 0 Å². The maximum absolute atomic E-state index is 12.1. The second-order valence-electron chi connectivity index (χ2n) is 4.23. The molecule has 0 saturated heterocycles. The minimum absolute atomic E-state index is 0.0580. The van der Waals surface area contributed by atoms with Crippen LogP contribution in [0.5, 0.6) is 0 Å². The van der Waals surface area contributed by atoms with Crippen LogP contribution >= 0.6 is 0 Å². The number of carbonyl (C=O) groups is 1. The predicted molar refractivity (Wildman–Crippen MR) is 60.2 cm³/mol. The van der Waals surface area contributed by atoms with E-state index in [0.29, 0.717) is 5.92 Å². The molecule has 0 aromatic carbocycles. The van der Waals surface area contributed by atoms with E-state index in [1.165, 1.54) is 0 Å². The van der Waals surface area contributed by atoms with Crippen LogP contribution in [0.1, 0.15) is 34.6 Å². The highest BCUT2D eigenvalue weighted by Gasteiger charge is 2.25. The maximum atomic E-state index is 12.1. The molecule has 1 atom stereocenters. The van der Waals surface area contributed by atoms with Gasteiger partial charge in [-0.3, -0.25) is 4.79 Å². The van der Waals surface area contributed by atoms with Gasteiger partial charge in [0.2, 0.25) is 5.91 Å². The molecule has 0 aliphatic rings. The van der Waals surface area contributed by atoms with Gasteiger partial charge >= 0.3 is 0 Å². The van der Waals surface area contributed by atoms with Crippen molar-refractivity contribution in [3.8, 4) is 0 Å². The first-order valence-electron chi connectivity index (χ1n) is 5.43. The quantitative estimate of drug-likeness (QED) is 0.729. The average Bonchev–Trinajstić information content (AvgIpc) is 2.04. The lowest BCUT2D eigenvalue weighted by molar-refractivity contribution is -0.135. The normalized spacial score (nSPS) is 13.4. The molecule has 0 saturated carbocycles. The van der Waals surface area contributed by atoms with Gasteiger partial charge in [-0.1, -0.05) is 13.8 Å². The van der Waals surface area contributed by atoms with E-state index in [4.69, 9.17) is 0 Å². The number of likely N-dealkylation sites (N-methyl/N-ethyl adjacent to an activating group) is 2. The Morgan fingerprint density at radius 1 is 1.29 bits per heavy atom. The van der Waals surface area contributed by atoms with Crippen molar-refractivity contribution >= 4 is 5.91 Å². The fourth-order valence-electron chi connectivity index (χ4n) is 1.70. The number of hydrogen-bond acceptors (Lipinski definition) is 2. The summed E-state index contributed by atoms with van der Waals surface area (Å²) in [6, 6.07) is 0.222. The summed E-state index contributed by atoms with van der Waals surface area (Å²) in [6.45, 7) is 11.0. The minimum atomic E-state index is -0.0580. The van der Waals surface area contributed by atoms with Crippen LogP contribution < -0.4 is 5.32 Å². The van der Waals surface area contributed by atoms with Gasteiger partial charge in [-0.15, -0.1) is 0 Å². The van der Waals surface area contributed by atoms with Gasteiger partial charge in [-0.2, -0.15) is 0 Å². The van der Waals surface area contributed by atoms with Gasteiger partial charge in [-0.05, 0) is 33.7 Å². The Kier molecular flexibility index (Phi) is 5.77. The SMILES string of the molecule is CCN(C(=O)C(NC)C(C)C)C(C)C. The zero-order valence-corrected chi connectivity index (χ0v) is 10.3. The molecule has 0 bridgehead atoms. The minimum Gasteiger partial charge on any atom is -0.339 e. The molecule has 1 amide bonds. The van der Waals surface area contributed by atoms with Gasteiger partial charge in [-0.25, -0.2) is 0 Å². The molecule has 1 unspecified atom stereocenters. The lowest BCUT2D eigenvalue weighted by Crippen LogP contribution is -2.50. The van der Waals surface area contributed by atoms with E-state index in [2.05, 4.69) is 33.0 Å². The third-order valence-corrected chi connectivity index (χ3v) is 2.49. The van der Waals surface area contributed by atoms with E-state index in [1.54, 1.807) is 0 Å². The summed E-state index contributed by atoms with van der Waals surface area (Å²) in [6.07, 6.45) is 0. The zero-order valence-electron chi connectivity index (χ0n) is 10.3. The van der Waals surface area contributed by atoms with Crippen LogP contribution in [0, 0.1) is 5.92 Å². The number of carbonyl (C=O) groups excluding carboxylic acids is 1. The number of rotatable bonds is 5. The molecular weight excluding hydrogens is 176 g/mol. The van der Waals surface area contributed by atoms with Gasteiger partial charge in [0.05, 0.1) is 6.04 Å². The van der Waals surface area contributed by atoms with Crippen molar-refractivity contribution in [3.63, 3.8) is 0 Å². The van der Waals surface area contributed by atoms with E-state index in [-0.39, 0.29) is 18.0 Å². The zero-order chi connectivity index (χ0) is 11.3. The van der Waals surface area contributed by atoms with Crippen LogP contribution in [0.15, 0.2) is 0 Å². The summed E-state index contributed by atoms with van der Waals surface area (Å²) >= 11 is 0. The van der Waals surface area contributed by atoms with E-state index < -0.39 is 0 Å². The fourth-order valence-corrected chi connectivity index (χ4v) is 1.70. The second kappa shape index (κ2) is 6.02. The van der Waals surface area contributed by atoms with Crippen LogP contribution in [0.2, 0.25) is 0 Å². The maximum Gasteiger partial charge on any atom is 0.240 e. The van der Waals surface area contributed by atoms with Crippen molar-refractivity contribution < 1.29 is 4.79 Å². The first kappa shape index (κ1) is 13.4. The van der Waals surface area contributed by atoms with Gasteiger partial charge < -0.3 is 10.2 Å². The molecule has 0 aliphatic carbocycles. The summed E-state index contributed by atoms with van der Waals surface area (Å²) in [4.78, 5) is 14.0. The van der Waals surface area contributed by atoms with Gasteiger partial charge in [0.25, 0.3) is 0 Å².